The van der Waals surface area contributed by atoms with Crippen LogP contribution in [-0.4, -0.2) is 33.1 Å². The highest BCUT2D eigenvalue weighted by molar-refractivity contribution is 7.22. The lowest BCUT2D eigenvalue weighted by molar-refractivity contribution is -0.116. The molecule has 2 heterocycles. The maximum atomic E-state index is 13.6. The fourth-order valence-corrected chi connectivity index (χ4v) is 4.34. The number of aromatic nitrogens is 3. The van der Waals surface area contributed by atoms with Gasteiger partial charge in [-0.1, -0.05) is 23.5 Å². The number of carbonyl (C=O) groups is 1. The first-order valence-electron chi connectivity index (χ1n) is 9.86. The fraction of sp³-hybridized carbons (Fsp3) is 0.333. The topological polar surface area (TPSA) is 89.2 Å². The molecule has 0 aliphatic heterocycles. The fourth-order valence-electron chi connectivity index (χ4n) is 3.19. The van der Waals surface area contributed by atoms with Gasteiger partial charge in [0.1, 0.15) is 17.1 Å². The Morgan fingerprint density at radius 3 is 2.65 bits per heavy atom. The van der Waals surface area contributed by atoms with Crippen LogP contribution in [0.25, 0.3) is 10.3 Å². The van der Waals surface area contributed by atoms with Crippen molar-refractivity contribution in [3.05, 3.63) is 63.1 Å². The van der Waals surface area contributed by atoms with Crippen molar-refractivity contribution in [2.24, 2.45) is 0 Å². The number of nitrogens with zero attached hydrogens (tertiary/aromatic N) is 4. The molecule has 1 N–H and O–H groups in total. The summed E-state index contributed by atoms with van der Waals surface area (Å²) in [6.07, 6.45) is 1.45. The van der Waals surface area contributed by atoms with Gasteiger partial charge >= 0.3 is 5.69 Å². The normalized spacial score (nSPS) is 11.0. The predicted octanol–water partition coefficient (Wildman–Crippen LogP) is 2.74. The number of allylic oxidation sites excluding steroid dienone is 1. The zero-order chi connectivity index (χ0) is 22.7. The average molecular weight is 446 g/mol. The summed E-state index contributed by atoms with van der Waals surface area (Å²) in [6, 6.07) is 4.07. The second-order valence-electron chi connectivity index (χ2n) is 6.90. The highest BCUT2D eigenvalue weighted by Crippen LogP contribution is 2.26. The minimum Gasteiger partial charge on any atom is -0.349 e. The van der Waals surface area contributed by atoms with Crippen LogP contribution in [0.15, 0.2) is 40.4 Å². The third-order valence-corrected chi connectivity index (χ3v) is 5.97. The van der Waals surface area contributed by atoms with E-state index in [0.29, 0.717) is 29.5 Å². The Hall–Kier alpha value is -3.27. The number of amides is 1. The summed E-state index contributed by atoms with van der Waals surface area (Å²) in [5, 5.41) is 3.23. The number of fused-ring (bicyclic) bond motifs is 1. The van der Waals surface area contributed by atoms with Gasteiger partial charge in [-0.25, -0.2) is 14.2 Å². The first-order valence-corrected chi connectivity index (χ1v) is 10.7. The van der Waals surface area contributed by atoms with E-state index < -0.39 is 23.0 Å². The van der Waals surface area contributed by atoms with Crippen LogP contribution in [0, 0.1) is 12.7 Å². The number of nitrogens with one attached hydrogen (secondary N) is 1. The Labute approximate surface area is 182 Å². The predicted molar refractivity (Wildman–Crippen MR) is 122 cm³/mol. The van der Waals surface area contributed by atoms with Crippen molar-refractivity contribution >= 4 is 38.4 Å². The average Bonchev–Trinajstić information content (AvgIpc) is 3.17. The van der Waals surface area contributed by atoms with Crippen LogP contribution in [0.2, 0.25) is 0 Å². The molecule has 31 heavy (non-hydrogen) atoms. The lowest BCUT2D eigenvalue weighted by Crippen LogP contribution is -2.41. The van der Waals surface area contributed by atoms with Crippen molar-refractivity contribution in [2.75, 3.05) is 23.3 Å². The SMILES string of the molecule is C=CCn1c(=O)c2sc(N(CC)CC)nc2n(CC(=O)Nc2cc(F)ccc2C)c1=O. The highest BCUT2D eigenvalue weighted by Gasteiger charge is 2.21. The maximum absolute atomic E-state index is 13.6. The summed E-state index contributed by atoms with van der Waals surface area (Å²) in [7, 11) is 0. The van der Waals surface area contributed by atoms with Gasteiger partial charge in [-0.05, 0) is 38.5 Å². The van der Waals surface area contributed by atoms with Gasteiger partial charge in [0.15, 0.2) is 10.8 Å². The Bertz CT molecular complexity index is 1260. The molecular weight excluding hydrogens is 421 g/mol. The summed E-state index contributed by atoms with van der Waals surface area (Å²) in [4.78, 5) is 45.1. The molecule has 2 aromatic heterocycles. The lowest BCUT2D eigenvalue weighted by Gasteiger charge is -2.16. The van der Waals surface area contributed by atoms with E-state index in [0.717, 1.165) is 4.57 Å². The number of anilines is 2. The third-order valence-electron chi connectivity index (χ3n) is 4.88. The van der Waals surface area contributed by atoms with Crippen molar-refractivity contribution in [2.45, 2.75) is 33.9 Å². The summed E-state index contributed by atoms with van der Waals surface area (Å²) >= 11 is 1.19. The van der Waals surface area contributed by atoms with Crippen molar-refractivity contribution in [3.63, 3.8) is 0 Å². The van der Waals surface area contributed by atoms with Crippen molar-refractivity contribution in [1.29, 1.82) is 0 Å². The van der Waals surface area contributed by atoms with Gasteiger partial charge in [0, 0.05) is 25.3 Å². The number of benzene rings is 1. The van der Waals surface area contributed by atoms with Crippen molar-refractivity contribution in [1.82, 2.24) is 14.1 Å². The maximum Gasteiger partial charge on any atom is 0.333 e. The van der Waals surface area contributed by atoms with Crippen LogP contribution >= 0.6 is 11.3 Å². The Balaban J connectivity index is 2.10. The molecule has 1 amide bonds. The number of carbonyl (C=O) groups excluding carboxylic acids is 1. The van der Waals surface area contributed by atoms with Crippen LogP contribution < -0.4 is 21.5 Å². The number of halogens is 1. The molecule has 0 radical (unpaired) electrons. The number of hydrogen-bond donors (Lipinski definition) is 1. The van der Waals surface area contributed by atoms with Crippen LogP contribution in [0.3, 0.4) is 0 Å². The van der Waals surface area contributed by atoms with Crippen LogP contribution in [0.5, 0.6) is 0 Å². The molecule has 164 valence electrons. The highest BCUT2D eigenvalue weighted by atomic mass is 32.1. The minimum absolute atomic E-state index is 0.0106. The zero-order valence-corrected chi connectivity index (χ0v) is 18.5. The van der Waals surface area contributed by atoms with Gasteiger partial charge in [0.05, 0.1) is 0 Å². The Morgan fingerprint density at radius 2 is 2.00 bits per heavy atom. The van der Waals surface area contributed by atoms with Gasteiger partial charge in [0.25, 0.3) is 5.56 Å². The Morgan fingerprint density at radius 1 is 1.29 bits per heavy atom. The summed E-state index contributed by atoms with van der Waals surface area (Å²) in [5.74, 6) is -1.01. The number of hydrogen-bond acceptors (Lipinski definition) is 6. The molecule has 0 fully saturated rings. The smallest absolute Gasteiger partial charge is 0.333 e. The molecule has 0 atom stereocenters. The van der Waals surface area contributed by atoms with E-state index in [1.807, 2.05) is 18.7 Å². The molecule has 0 saturated carbocycles. The van der Waals surface area contributed by atoms with E-state index in [2.05, 4.69) is 16.9 Å². The minimum atomic E-state index is -0.653. The number of aryl methyl sites for hydroxylation is 1. The van der Waals surface area contributed by atoms with E-state index in [-0.39, 0.29) is 23.4 Å². The van der Waals surface area contributed by atoms with Crippen LogP contribution in [-0.2, 0) is 17.9 Å². The molecule has 0 aliphatic carbocycles. The van der Waals surface area contributed by atoms with E-state index in [9.17, 15) is 18.8 Å². The quantitative estimate of drug-likeness (QED) is 0.539. The van der Waals surface area contributed by atoms with Gasteiger partial charge in [0.2, 0.25) is 5.91 Å². The first kappa shape index (κ1) is 22.4. The van der Waals surface area contributed by atoms with E-state index in [1.165, 1.54) is 34.1 Å². The van der Waals surface area contributed by atoms with E-state index in [4.69, 9.17) is 0 Å². The van der Waals surface area contributed by atoms with Gasteiger partial charge in [-0.15, -0.1) is 6.58 Å². The molecule has 3 rings (SSSR count). The molecule has 0 bridgehead atoms. The molecule has 8 nitrogen and oxygen atoms in total. The molecule has 0 saturated heterocycles. The van der Waals surface area contributed by atoms with Gasteiger partial charge < -0.3 is 10.2 Å². The molecule has 0 unspecified atom stereocenters. The van der Waals surface area contributed by atoms with Gasteiger partial charge in [-0.2, -0.15) is 0 Å². The number of rotatable bonds is 8. The largest absolute Gasteiger partial charge is 0.349 e. The second kappa shape index (κ2) is 9.25. The van der Waals surface area contributed by atoms with Crippen LogP contribution in [0.4, 0.5) is 15.2 Å². The standard InChI is InChI=1S/C21H24FN5O3S/c1-5-10-26-19(29)17-18(24-20(31-17)25(6-2)7-3)27(21(26)30)12-16(28)23-15-11-14(22)9-8-13(15)4/h5,8-9,11H,1,6-7,10,12H2,2-4H3,(H,23,28). The van der Waals surface area contributed by atoms with E-state index >= 15 is 0 Å². The molecule has 0 spiro atoms. The second-order valence-corrected chi connectivity index (χ2v) is 7.88. The molecule has 3 aromatic rings. The van der Waals surface area contributed by atoms with Gasteiger partial charge in [-0.3, -0.25) is 18.7 Å². The molecule has 10 heteroatoms. The van der Waals surface area contributed by atoms with E-state index in [1.54, 1.807) is 13.0 Å². The van der Waals surface area contributed by atoms with Crippen LogP contribution in [0.1, 0.15) is 19.4 Å². The lowest BCUT2D eigenvalue weighted by atomic mass is 10.2. The molecule has 0 aliphatic rings. The van der Waals surface area contributed by atoms with Crippen molar-refractivity contribution in [3.8, 4) is 0 Å². The zero-order valence-electron chi connectivity index (χ0n) is 17.6. The Kier molecular flexibility index (Phi) is 6.69. The first-order chi connectivity index (χ1) is 14.8. The van der Waals surface area contributed by atoms with Crippen molar-refractivity contribution < 1.29 is 9.18 Å². The molecule has 1 aromatic carbocycles. The number of thiazole rings is 1. The summed E-state index contributed by atoms with van der Waals surface area (Å²) < 4.78 is 16.0. The summed E-state index contributed by atoms with van der Waals surface area (Å²) in [5.41, 5.74) is 0.0406. The monoisotopic (exact) mass is 445 g/mol. The molecular formula is C21H24FN5O3S. The third kappa shape index (κ3) is 4.43. The summed E-state index contributed by atoms with van der Waals surface area (Å²) in [6.45, 7) is 10.3.